The topological polar surface area (TPSA) is 32.3 Å². The molecular formula is C11H15ClFNO. The van der Waals surface area contributed by atoms with Crippen LogP contribution in [0.3, 0.4) is 0 Å². The number of hydrogen-bond donors (Lipinski definition) is 2. The smallest absolute Gasteiger partial charge is 0.120 e. The lowest BCUT2D eigenvalue weighted by Gasteiger charge is -2.15. The van der Waals surface area contributed by atoms with Gasteiger partial charge >= 0.3 is 0 Å². The van der Waals surface area contributed by atoms with Crippen LogP contribution in [0.4, 0.5) is 4.39 Å². The second-order valence-electron chi connectivity index (χ2n) is 3.42. The van der Waals surface area contributed by atoms with Crippen LogP contribution in [0, 0.1) is 0 Å². The Balaban J connectivity index is 2.64. The van der Waals surface area contributed by atoms with E-state index in [1.165, 1.54) is 0 Å². The summed E-state index contributed by atoms with van der Waals surface area (Å²) in [6, 6.07) is 4.87. The van der Waals surface area contributed by atoms with Crippen LogP contribution in [-0.4, -0.2) is 18.3 Å². The van der Waals surface area contributed by atoms with E-state index in [-0.39, 0.29) is 18.5 Å². The summed E-state index contributed by atoms with van der Waals surface area (Å²) in [5.74, 6) is 0.208. The van der Waals surface area contributed by atoms with Gasteiger partial charge in [-0.15, -0.1) is 0 Å². The summed E-state index contributed by atoms with van der Waals surface area (Å²) >= 11 is 5.82. The number of hydrogen-bond acceptors (Lipinski definition) is 2. The molecule has 1 atom stereocenters. The van der Waals surface area contributed by atoms with Gasteiger partial charge in [-0.2, -0.15) is 0 Å². The van der Waals surface area contributed by atoms with Crippen molar-refractivity contribution in [3.8, 4) is 5.75 Å². The maximum atomic E-state index is 11.9. The Hall–Kier alpha value is -0.800. The lowest BCUT2D eigenvalue weighted by Crippen LogP contribution is -2.20. The predicted molar refractivity (Wildman–Crippen MR) is 60.1 cm³/mol. The van der Waals surface area contributed by atoms with Crippen LogP contribution in [0.1, 0.15) is 24.9 Å². The van der Waals surface area contributed by atoms with Gasteiger partial charge in [0.1, 0.15) is 5.75 Å². The van der Waals surface area contributed by atoms with Gasteiger partial charge in [-0.3, -0.25) is 4.39 Å². The van der Waals surface area contributed by atoms with Crippen molar-refractivity contribution >= 4 is 11.6 Å². The highest BCUT2D eigenvalue weighted by Gasteiger charge is 2.09. The number of halogens is 2. The number of phenolic OH excluding ortho intramolecular Hbond substituents is 1. The van der Waals surface area contributed by atoms with Crippen molar-refractivity contribution in [3.05, 3.63) is 28.8 Å². The minimum atomic E-state index is -0.332. The molecule has 0 saturated heterocycles. The van der Waals surface area contributed by atoms with E-state index in [1.807, 2.05) is 6.92 Å². The monoisotopic (exact) mass is 231 g/mol. The van der Waals surface area contributed by atoms with Crippen LogP contribution in [-0.2, 0) is 0 Å². The van der Waals surface area contributed by atoms with Crippen LogP contribution in [0.25, 0.3) is 0 Å². The molecule has 0 aromatic heterocycles. The molecule has 1 aromatic carbocycles. The maximum Gasteiger partial charge on any atom is 0.120 e. The minimum absolute atomic E-state index is 0.0322. The van der Waals surface area contributed by atoms with E-state index in [4.69, 9.17) is 11.6 Å². The molecule has 0 aliphatic carbocycles. The fourth-order valence-corrected chi connectivity index (χ4v) is 1.55. The van der Waals surface area contributed by atoms with Crippen molar-refractivity contribution in [2.24, 2.45) is 0 Å². The second-order valence-corrected chi connectivity index (χ2v) is 3.86. The summed E-state index contributed by atoms with van der Waals surface area (Å²) in [6.45, 7) is 2.16. The van der Waals surface area contributed by atoms with Gasteiger partial charge in [-0.25, -0.2) is 0 Å². The molecule has 0 aliphatic rings. The Kier molecular flexibility index (Phi) is 4.85. The van der Waals surface area contributed by atoms with E-state index in [2.05, 4.69) is 5.32 Å². The zero-order chi connectivity index (χ0) is 11.3. The molecule has 2 N–H and O–H groups in total. The first-order chi connectivity index (χ1) is 7.15. The summed E-state index contributed by atoms with van der Waals surface area (Å²) in [5.41, 5.74) is 0.737. The number of aromatic hydroxyl groups is 1. The molecule has 0 heterocycles. The molecule has 0 amide bonds. The maximum absolute atomic E-state index is 11.9. The Morgan fingerprint density at radius 3 is 2.93 bits per heavy atom. The molecule has 0 spiro atoms. The first-order valence-corrected chi connectivity index (χ1v) is 5.30. The standard InChI is InChI=1S/C11H15ClFNO/c1-8(14-6-2-5-13)10-7-9(12)3-4-11(10)15/h3-4,7-8,14-15H,2,5-6H2,1H3. The van der Waals surface area contributed by atoms with Crippen LogP contribution < -0.4 is 5.32 Å². The molecule has 84 valence electrons. The molecule has 0 bridgehead atoms. The first kappa shape index (κ1) is 12.3. The highest BCUT2D eigenvalue weighted by atomic mass is 35.5. The molecule has 0 saturated carbocycles. The van der Waals surface area contributed by atoms with Gasteiger partial charge in [-0.1, -0.05) is 11.6 Å². The van der Waals surface area contributed by atoms with E-state index in [0.29, 0.717) is 18.0 Å². The third-order valence-corrected chi connectivity index (χ3v) is 2.45. The Morgan fingerprint density at radius 1 is 1.53 bits per heavy atom. The SMILES string of the molecule is CC(NCCCF)c1cc(Cl)ccc1O. The Bertz CT molecular complexity index is 319. The van der Waals surface area contributed by atoms with Crippen LogP contribution in [0.5, 0.6) is 5.75 Å². The van der Waals surface area contributed by atoms with Gasteiger partial charge < -0.3 is 10.4 Å². The van der Waals surface area contributed by atoms with E-state index >= 15 is 0 Å². The molecule has 1 rings (SSSR count). The third-order valence-electron chi connectivity index (χ3n) is 2.22. The van der Waals surface area contributed by atoms with E-state index in [1.54, 1.807) is 18.2 Å². The number of phenols is 1. The molecule has 2 nitrogen and oxygen atoms in total. The highest BCUT2D eigenvalue weighted by molar-refractivity contribution is 6.30. The van der Waals surface area contributed by atoms with Crippen molar-refractivity contribution in [1.29, 1.82) is 0 Å². The lowest BCUT2D eigenvalue weighted by atomic mass is 10.1. The molecule has 0 aliphatic heterocycles. The molecule has 0 fully saturated rings. The Labute approximate surface area is 94.1 Å². The van der Waals surface area contributed by atoms with E-state index in [0.717, 1.165) is 5.56 Å². The van der Waals surface area contributed by atoms with Crippen molar-refractivity contribution in [2.75, 3.05) is 13.2 Å². The number of alkyl halides is 1. The second kappa shape index (κ2) is 5.93. The van der Waals surface area contributed by atoms with Gasteiger partial charge in [0.05, 0.1) is 6.67 Å². The fraction of sp³-hybridized carbons (Fsp3) is 0.455. The van der Waals surface area contributed by atoms with Crippen molar-refractivity contribution < 1.29 is 9.50 Å². The summed E-state index contributed by atoms with van der Waals surface area (Å²) < 4.78 is 11.9. The number of benzene rings is 1. The van der Waals surface area contributed by atoms with E-state index < -0.39 is 0 Å². The molecule has 15 heavy (non-hydrogen) atoms. The largest absolute Gasteiger partial charge is 0.508 e. The van der Waals surface area contributed by atoms with Crippen LogP contribution in [0.2, 0.25) is 5.02 Å². The minimum Gasteiger partial charge on any atom is -0.508 e. The zero-order valence-corrected chi connectivity index (χ0v) is 9.39. The number of nitrogens with one attached hydrogen (secondary N) is 1. The number of rotatable bonds is 5. The molecule has 1 aromatic rings. The van der Waals surface area contributed by atoms with Crippen molar-refractivity contribution in [3.63, 3.8) is 0 Å². The van der Waals surface area contributed by atoms with Crippen molar-refractivity contribution in [1.82, 2.24) is 5.32 Å². The Morgan fingerprint density at radius 2 is 2.27 bits per heavy atom. The fourth-order valence-electron chi connectivity index (χ4n) is 1.37. The quantitative estimate of drug-likeness (QED) is 0.764. The van der Waals surface area contributed by atoms with E-state index in [9.17, 15) is 9.50 Å². The molecule has 1 unspecified atom stereocenters. The van der Waals surface area contributed by atoms with Gasteiger partial charge in [0, 0.05) is 16.6 Å². The normalized spacial score (nSPS) is 12.7. The van der Waals surface area contributed by atoms with Gasteiger partial charge in [-0.05, 0) is 38.1 Å². The third kappa shape index (κ3) is 3.68. The average Bonchev–Trinajstić information content (AvgIpc) is 2.22. The molecule has 0 radical (unpaired) electrons. The average molecular weight is 232 g/mol. The first-order valence-electron chi connectivity index (χ1n) is 4.93. The summed E-state index contributed by atoms with van der Waals surface area (Å²) in [7, 11) is 0. The summed E-state index contributed by atoms with van der Waals surface area (Å²) in [4.78, 5) is 0. The highest BCUT2D eigenvalue weighted by Crippen LogP contribution is 2.26. The summed E-state index contributed by atoms with van der Waals surface area (Å²) in [6.07, 6.45) is 0.478. The van der Waals surface area contributed by atoms with Crippen LogP contribution >= 0.6 is 11.6 Å². The lowest BCUT2D eigenvalue weighted by molar-refractivity contribution is 0.432. The van der Waals surface area contributed by atoms with Gasteiger partial charge in [0.15, 0.2) is 0 Å². The molecular weight excluding hydrogens is 217 g/mol. The van der Waals surface area contributed by atoms with Crippen molar-refractivity contribution in [2.45, 2.75) is 19.4 Å². The predicted octanol–water partition coefficient (Wildman–Crippen LogP) is 3.06. The van der Waals surface area contributed by atoms with Gasteiger partial charge in [0.2, 0.25) is 0 Å². The summed E-state index contributed by atoms with van der Waals surface area (Å²) in [5, 5.41) is 13.3. The van der Waals surface area contributed by atoms with Crippen LogP contribution in [0.15, 0.2) is 18.2 Å². The zero-order valence-electron chi connectivity index (χ0n) is 8.63. The molecule has 4 heteroatoms. The van der Waals surface area contributed by atoms with Gasteiger partial charge in [0.25, 0.3) is 0 Å².